The van der Waals surface area contributed by atoms with Crippen molar-refractivity contribution in [3.05, 3.63) is 107 Å². The summed E-state index contributed by atoms with van der Waals surface area (Å²) in [6, 6.07) is 22.2. The average Bonchev–Trinajstić information content (AvgIpc) is 3.00. The molecule has 0 bridgehead atoms. The van der Waals surface area contributed by atoms with E-state index in [2.05, 4.69) is 5.32 Å². The molecule has 1 unspecified atom stereocenters. The van der Waals surface area contributed by atoms with Gasteiger partial charge in [-0.1, -0.05) is 60.7 Å². The van der Waals surface area contributed by atoms with Crippen LogP contribution >= 0.6 is 11.8 Å². The van der Waals surface area contributed by atoms with Crippen molar-refractivity contribution in [2.45, 2.75) is 42.3 Å². The molecule has 1 saturated heterocycles. The van der Waals surface area contributed by atoms with Crippen LogP contribution in [0.3, 0.4) is 0 Å². The number of nitrogens with zero attached hydrogens (tertiary/aromatic N) is 1. The molecule has 5 rings (SSSR count). The van der Waals surface area contributed by atoms with E-state index in [0.29, 0.717) is 16.2 Å². The standard InChI is InChI=1S/C31H30N2O7S2/c1-20-25(19-42(37,38)24-11-7-4-8-12-24)41-30-27(32-26(34)17-21-9-5-3-6-10-21)29(35)33(30)28(20)31(36)40-18-22-13-15-23(39-2)16-14-22/h3-16,27-28,30H,17-19H2,1-2H3,(H,32,34)/t27-,28?,30-/m1/s1. The first-order valence-electron chi connectivity index (χ1n) is 13.3. The average molecular weight is 607 g/mol. The van der Waals surface area contributed by atoms with Crippen molar-refractivity contribution in [2.24, 2.45) is 0 Å². The molecule has 3 atom stereocenters. The maximum absolute atomic E-state index is 13.5. The lowest BCUT2D eigenvalue weighted by atomic mass is 9.97. The summed E-state index contributed by atoms with van der Waals surface area (Å²) in [6.07, 6.45) is 0.0828. The smallest absolute Gasteiger partial charge is 0.333 e. The second kappa shape index (κ2) is 12.4. The third kappa shape index (κ3) is 6.22. The zero-order valence-corrected chi connectivity index (χ0v) is 24.7. The number of thioether (sulfide) groups is 1. The zero-order chi connectivity index (χ0) is 29.9. The quantitative estimate of drug-likeness (QED) is 0.275. The predicted octanol–water partition coefficient (Wildman–Crippen LogP) is 3.50. The Bertz CT molecular complexity index is 1610. The van der Waals surface area contributed by atoms with Gasteiger partial charge in [0.15, 0.2) is 15.9 Å². The van der Waals surface area contributed by atoms with Crippen molar-refractivity contribution in [1.29, 1.82) is 0 Å². The maximum Gasteiger partial charge on any atom is 0.333 e. The fraction of sp³-hybridized carbons (Fsp3) is 0.258. The number of carbonyl (C=O) groups is 3. The van der Waals surface area contributed by atoms with Crippen molar-refractivity contribution in [3.8, 4) is 5.75 Å². The van der Waals surface area contributed by atoms with Crippen LogP contribution in [0.5, 0.6) is 5.75 Å². The van der Waals surface area contributed by atoms with Gasteiger partial charge in [-0.3, -0.25) is 9.59 Å². The van der Waals surface area contributed by atoms with Crippen LogP contribution in [-0.4, -0.2) is 61.4 Å². The molecule has 0 aromatic heterocycles. The fourth-order valence-electron chi connectivity index (χ4n) is 4.90. The van der Waals surface area contributed by atoms with Crippen LogP contribution < -0.4 is 10.1 Å². The van der Waals surface area contributed by atoms with E-state index in [1.165, 1.54) is 28.8 Å². The van der Waals surface area contributed by atoms with Gasteiger partial charge in [-0.05, 0) is 47.9 Å². The summed E-state index contributed by atoms with van der Waals surface area (Å²) in [7, 11) is -2.19. The Hall–Kier alpha value is -4.09. The Kier molecular flexibility index (Phi) is 8.69. The molecule has 218 valence electrons. The van der Waals surface area contributed by atoms with Crippen LogP contribution in [-0.2, 0) is 42.0 Å². The minimum absolute atomic E-state index is 0.0403. The molecule has 11 heteroatoms. The highest BCUT2D eigenvalue weighted by molar-refractivity contribution is 8.05. The lowest BCUT2D eigenvalue weighted by Gasteiger charge is -2.52. The summed E-state index contributed by atoms with van der Waals surface area (Å²) < 4.78 is 37.4. The van der Waals surface area contributed by atoms with Gasteiger partial charge < -0.3 is 19.7 Å². The molecular formula is C31H30N2O7S2. The SMILES string of the molecule is COc1ccc(COC(=O)C2C(C)=C(CS(=O)(=O)c3ccccc3)S[C@@H]3[C@H](NC(=O)Cc4ccccc4)C(=O)N23)cc1. The molecule has 1 N–H and O–H groups in total. The summed E-state index contributed by atoms with van der Waals surface area (Å²) in [4.78, 5) is 41.6. The number of benzene rings is 3. The summed E-state index contributed by atoms with van der Waals surface area (Å²) in [5.41, 5.74) is 1.94. The zero-order valence-electron chi connectivity index (χ0n) is 23.1. The van der Waals surface area contributed by atoms with Gasteiger partial charge in [0.25, 0.3) is 0 Å². The van der Waals surface area contributed by atoms with Crippen molar-refractivity contribution in [1.82, 2.24) is 10.2 Å². The molecule has 2 aliphatic rings. The number of hydrogen-bond acceptors (Lipinski definition) is 8. The number of esters is 1. The van der Waals surface area contributed by atoms with Gasteiger partial charge in [0.2, 0.25) is 11.8 Å². The van der Waals surface area contributed by atoms with Crippen molar-refractivity contribution in [2.75, 3.05) is 12.9 Å². The number of hydrogen-bond donors (Lipinski definition) is 1. The van der Waals surface area contributed by atoms with Crippen LogP contribution in [0.25, 0.3) is 0 Å². The molecule has 0 aliphatic carbocycles. The Morgan fingerprint density at radius 2 is 1.57 bits per heavy atom. The van der Waals surface area contributed by atoms with E-state index in [1.54, 1.807) is 56.5 Å². The van der Waals surface area contributed by atoms with Crippen molar-refractivity contribution >= 4 is 39.4 Å². The molecule has 3 aromatic carbocycles. The molecule has 0 spiro atoms. The normalized spacial score (nSPS) is 19.9. The van der Waals surface area contributed by atoms with Crippen molar-refractivity contribution in [3.63, 3.8) is 0 Å². The van der Waals surface area contributed by atoms with Crippen LogP contribution in [0, 0.1) is 0 Å². The largest absolute Gasteiger partial charge is 0.497 e. The molecule has 9 nitrogen and oxygen atoms in total. The Morgan fingerprint density at radius 1 is 0.929 bits per heavy atom. The van der Waals surface area contributed by atoms with E-state index in [9.17, 15) is 22.8 Å². The summed E-state index contributed by atoms with van der Waals surface area (Å²) >= 11 is 1.18. The lowest BCUT2D eigenvalue weighted by molar-refractivity contribution is -0.164. The number of amides is 2. The first-order chi connectivity index (χ1) is 20.2. The van der Waals surface area contributed by atoms with Gasteiger partial charge in [-0.25, -0.2) is 13.2 Å². The predicted molar refractivity (Wildman–Crippen MR) is 158 cm³/mol. The monoisotopic (exact) mass is 606 g/mol. The van der Waals surface area contributed by atoms with E-state index in [4.69, 9.17) is 9.47 Å². The highest BCUT2D eigenvalue weighted by Gasteiger charge is 2.57. The third-order valence-electron chi connectivity index (χ3n) is 7.18. The minimum Gasteiger partial charge on any atom is -0.497 e. The molecule has 3 aromatic rings. The molecular weight excluding hydrogens is 576 g/mol. The highest BCUT2D eigenvalue weighted by Crippen LogP contribution is 2.45. The van der Waals surface area contributed by atoms with Gasteiger partial charge in [0.05, 0.1) is 24.2 Å². The van der Waals surface area contributed by atoms with Gasteiger partial charge in [0, 0.05) is 4.91 Å². The van der Waals surface area contributed by atoms with E-state index < -0.39 is 39.2 Å². The Balaban J connectivity index is 1.38. The van der Waals surface area contributed by atoms with E-state index >= 15 is 0 Å². The fourth-order valence-corrected chi connectivity index (χ4v) is 8.20. The van der Waals surface area contributed by atoms with Gasteiger partial charge in [-0.15, -0.1) is 11.8 Å². The van der Waals surface area contributed by atoms with E-state index in [0.717, 1.165) is 11.1 Å². The molecule has 0 saturated carbocycles. The lowest BCUT2D eigenvalue weighted by Crippen LogP contribution is -2.74. The van der Waals surface area contributed by atoms with Crippen LogP contribution in [0.1, 0.15) is 18.1 Å². The number of ether oxygens (including phenoxy) is 2. The molecule has 2 aliphatic heterocycles. The van der Waals surface area contributed by atoms with Gasteiger partial charge in [0.1, 0.15) is 23.8 Å². The molecule has 1 fully saturated rings. The first kappa shape index (κ1) is 29.4. The van der Waals surface area contributed by atoms with Crippen LogP contribution in [0.15, 0.2) is 100 Å². The second-order valence-electron chi connectivity index (χ2n) is 10.00. The Morgan fingerprint density at radius 3 is 2.21 bits per heavy atom. The van der Waals surface area contributed by atoms with E-state index in [1.807, 2.05) is 30.3 Å². The second-order valence-corrected chi connectivity index (χ2v) is 13.2. The number of rotatable bonds is 10. The number of β-lactam (4-membered cyclic amide) rings is 1. The molecule has 2 amide bonds. The molecule has 42 heavy (non-hydrogen) atoms. The van der Waals surface area contributed by atoms with Crippen LogP contribution in [0.4, 0.5) is 0 Å². The van der Waals surface area contributed by atoms with E-state index in [-0.39, 0.29) is 29.6 Å². The maximum atomic E-state index is 13.5. The molecule has 0 radical (unpaired) electrons. The van der Waals surface area contributed by atoms with Crippen molar-refractivity contribution < 1.29 is 32.3 Å². The summed E-state index contributed by atoms with van der Waals surface area (Å²) in [6.45, 7) is 1.61. The third-order valence-corrected chi connectivity index (χ3v) is 10.5. The topological polar surface area (TPSA) is 119 Å². The Labute approximate surface area is 248 Å². The number of sulfone groups is 1. The number of fused-ring (bicyclic) bond motifs is 1. The summed E-state index contributed by atoms with van der Waals surface area (Å²) in [5, 5.41) is 2.12. The number of carbonyl (C=O) groups excluding carboxylic acids is 3. The highest BCUT2D eigenvalue weighted by atomic mass is 32.2. The van der Waals surface area contributed by atoms with Gasteiger partial charge in [-0.2, -0.15) is 0 Å². The first-order valence-corrected chi connectivity index (χ1v) is 15.8. The summed E-state index contributed by atoms with van der Waals surface area (Å²) in [5.74, 6) is -1.14. The number of methoxy groups -OCH3 is 1. The minimum atomic E-state index is -3.75. The molecule has 2 heterocycles. The van der Waals surface area contributed by atoms with Gasteiger partial charge >= 0.3 is 5.97 Å². The number of nitrogens with one attached hydrogen (secondary N) is 1. The van der Waals surface area contributed by atoms with Crippen LogP contribution in [0.2, 0.25) is 0 Å².